The van der Waals surface area contributed by atoms with E-state index in [-0.39, 0.29) is 0 Å². The van der Waals surface area contributed by atoms with Gasteiger partial charge in [-0.15, -0.1) is 0 Å². The van der Waals surface area contributed by atoms with Crippen LogP contribution in [-0.4, -0.2) is 16.1 Å². The monoisotopic (exact) mass is 219 g/mol. The number of aryl methyl sites for hydroxylation is 2. The molecule has 1 aromatic heterocycles. The molecule has 1 aromatic carbocycles. The van der Waals surface area contributed by atoms with Gasteiger partial charge in [-0.25, -0.2) is 0 Å². The van der Waals surface area contributed by atoms with Gasteiger partial charge < -0.3 is 4.57 Å². The Labute approximate surface area is 95.5 Å². The first-order valence-electron chi connectivity index (χ1n) is 5.45. The van der Waals surface area contributed by atoms with E-state index in [4.69, 9.17) is 0 Å². The Balaban J connectivity index is 2.28. The number of para-hydroxylation sites is 1. The molecule has 80 valence electrons. The van der Waals surface area contributed by atoms with Crippen LogP contribution < -0.4 is 0 Å². The Bertz CT molecular complexity index is 445. The molecule has 0 fully saturated rings. The molecule has 0 aliphatic heterocycles. The first-order valence-corrected chi connectivity index (χ1v) is 6.61. The van der Waals surface area contributed by atoms with Gasteiger partial charge in [0.05, 0.1) is 0 Å². The molecule has 0 amide bonds. The van der Waals surface area contributed by atoms with Gasteiger partial charge >= 0.3 is 0 Å². The van der Waals surface area contributed by atoms with E-state index in [1.54, 1.807) is 0 Å². The summed E-state index contributed by atoms with van der Waals surface area (Å²) in [6.07, 6.45) is 0. The normalized spacial score (nSPS) is 11.1. The molecule has 2 heteroatoms. The van der Waals surface area contributed by atoms with Gasteiger partial charge in [-0.05, 0) is 30.2 Å². The minimum absolute atomic E-state index is 1.12. The smallest absolute Gasteiger partial charge is 0.0482 e. The number of benzene rings is 1. The van der Waals surface area contributed by atoms with Crippen LogP contribution in [-0.2, 0) is 6.54 Å². The van der Waals surface area contributed by atoms with Crippen molar-refractivity contribution in [2.75, 3.05) is 11.5 Å². The summed E-state index contributed by atoms with van der Waals surface area (Å²) in [4.78, 5) is 0. The second kappa shape index (κ2) is 4.75. The van der Waals surface area contributed by atoms with E-state index in [1.165, 1.54) is 28.1 Å². The number of nitrogens with zero attached hydrogens (tertiary/aromatic N) is 1. The Kier molecular flexibility index (Phi) is 3.37. The van der Waals surface area contributed by atoms with Crippen LogP contribution in [0.3, 0.4) is 0 Å². The molecule has 0 unspecified atom stereocenters. The van der Waals surface area contributed by atoms with Gasteiger partial charge in [-0.2, -0.15) is 11.8 Å². The zero-order chi connectivity index (χ0) is 10.7. The van der Waals surface area contributed by atoms with Crippen LogP contribution in [0.5, 0.6) is 0 Å². The first-order chi connectivity index (χ1) is 7.33. The fraction of sp³-hybridized carbons (Fsp3) is 0.385. The van der Waals surface area contributed by atoms with Crippen molar-refractivity contribution < 1.29 is 0 Å². The van der Waals surface area contributed by atoms with Crippen molar-refractivity contribution in [2.24, 2.45) is 0 Å². The topological polar surface area (TPSA) is 4.93 Å². The van der Waals surface area contributed by atoms with Gasteiger partial charge in [0.1, 0.15) is 0 Å². The summed E-state index contributed by atoms with van der Waals surface area (Å²) < 4.78 is 2.41. The van der Waals surface area contributed by atoms with Gasteiger partial charge in [0.2, 0.25) is 0 Å². The summed E-state index contributed by atoms with van der Waals surface area (Å²) >= 11 is 2.00. The van der Waals surface area contributed by atoms with E-state index >= 15 is 0 Å². The van der Waals surface area contributed by atoms with Crippen LogP contribution in [0, 0.1) is 6.92 Å². The van der Waals surface area contributed by atoms with Crippen LogP contribution in [0.1, 0.15) is 12.6 Å². The van der Waals surface area contributed by atoms with Crippen molar-refractivity contribution in [3.63, 3.8) is 0 Å². The summed E-state index contributed by atoms with van der Waals surface area (Å²) in [5.74, 6) is 2.41. The van der Waals surface area contributed by atoms with Gasteiger partial charge in [0.15, 0.2) is 0 Å². The number of rotatable bonds is 4. The lowest BCUT2D eigenvalue weighted by Crippen LogP contribution is -2.02. The summed E-state index contributed by atoms with van der Waals surface area (Å²) in [5.41, 5.74) is 2.74. The highest BCUT2D eigenvalue weighted by Crippen LogP contribution is 2.19. The molecule has 0 aliphatic carbocycles. The highest BCUT2D eigenvalue weighted by molar-refractivity contribution is 7.99. The lowest BCUT2D eigenvalue weighted by atomic mass is 10.2. The van der Waals surface area contributed by atoms with Crippen molar-refractivity contribution in [2.45, 2.75) is 20.4 Å². The molecule has 15 heavy (non-hydrogen) atoms. The van der Waals surface area contributed by atoms with Crippen LogP contribution >= 0.6 is 11.8 Å². The Morgan fingerprint density at radius 3 is 2.87 bits per heavy atom. The number of aromatic nitrogens is 1. The van der Waals surface area contributed by atoms with Gasteiger partial charge in [-0.1, -0.05) is 25.1 Å². The SMILES string of the molecule is CCSCCn1c(C)cc2ccccc21. The molecule has 0 N–H and O–H groups in total. The number of hydrogen-bond donors (Lipinski definition) is 0. The molecule has 0 aliphatic rings. The summed E-state index contributed by atoms with van der Waals surface area (Å²) in [5, 5.41) is 1.36. The van der Waals surface area contributed by atoms with Crippen molar-refractivity contribution in [1.82, 2.24) is 4.57 Å². The fourth-order valence-corrected chi connectivity index (χ4v) is 2.55. The molecule has 0 saturated heterocycles. The maximum Gasteiger partial charge on any atom is 0.0482 e. The molecule has 0 atom stereocenters. The summed E-state index contributed by atoms with van der Waals surface area (Å²) in [6, 6.07) is 10.9. The minimum atomic E-state index is 1.12. The molecule has 0 bridgehead atoms. The molecule has 1 heterocycles. The lowest BCUT2D eigenvalue weighted by Gasteiger charge is -2.07. The van der Waals surface area contributed by atoms with E-state index in [9.17, 15) is 0 Å². The molecular weight excluding hydrogens is 202 g/mol. The maximum absolute atomic E-state index is 2.41. The maximum atomic E-state index is 2.41. The van der Waals surface area contributed by atoms with Gasteiger partial charge in [-0.3, -0.25) is 0 Å². The average molecular weight is 219 g/mol. The highest BCUT2D eigenvalue weighted by Gasteiger charge is 2.03. The molecular formula is C13H17NS. The fourth-order valence-electron chi connectivity index (χ4n) is 1.95. The predicted octanol–water partition coefficient (Wildman–Crippen LogP) is 3.70. The Morgan fingerprint density at radius 2 is 2.07 bits per heavy atom. The zero-order valence-corrected chi connectivity index (χ0v) is 10.2. The lowest BCUT2D eigenvalue weighted by molar-refractivity contribution is 0.778. The predicted molar refractivity (Wildman–Crippen MR) is 69.7 cm³/mol. The largest absolute Gasteiger partial charge is 0.344 e. The molecule has 2 rings (SSSR count). The van der Waals surface area contributed by atoms with Gasteiger partial charge in [0.25, 0.3) is 0 Å². The van der Waals surface area contributed by atoms with Crippen LogP contribution in [0.2, 0.25) is 0 Å². The van der Waals surface area contributed by atoms with E-state index in [0.29, 0.717) is 0 Å². The van der Waals surface area contributed by atoms with E-state index in [2.05, 4.69) is 48.7 Å². The van der Waals surface area contributed by atoms with Crippen LogP contribution in [0.25, 0.3) is 10.9 Å². The van der Waals surface area contributed by atoms with Crippen molar-refractivity contribution >= 4 is 22.7 Å². The second-order valence-corrected chi connectivity index (χ2v) is 5.09. The quantitative estimate of drug-likeness (QED) is 0.710. The van der Waals surface area contributed by atoms with Gasteiger partial charge in [0, 0.05) is 23.5 Å². The molecule has 0 spiro atoms. The third-order valence-electron chi connectivity index (χ3n) is 2.68. The summed E-state index contributed by atoms with van der Waals surface area (Å²) in [6.45, 7) is 5.53. The third kappa shape index (κ3) is 2.20. The highest BCUT2D eigenvalue weighted by atomic mass is 32.2. The number of thioether (sulfide) groups is 1. The molecule has 0 radical (unpaired) electrons. The van der Waals surface area contributed by atoms with Crippen molar-refractivity contribution in [1.29, 1.82) is 0 Å². The van der Waals surface area contributed by atoms with E-state index in [1.807, 2.05) is 11.8 Å². The summed E-state index contributed by atoms with van der Waals surface area (Å²) in [7, 11) is 0. The molecule has 1 nitrogen and oxygen atoms in total. The first kappa shape index (κ1) is 10.6. The average Bonchev–Trinajstić information content (AvgIpc) is 2.56. The molecule has 2 aromatic rings. The van der Waals surface area contributed by atoms with Crippen molar-refractivity contribution in [3.8, 4) is 0 Å². The van der Waals surface area contributed by atoms with Crippen LogP contribution in [0.4, 0.5) is 0 Å². The van der Waals surface area contributed by atoms with Crippen molar-refractivity contribution in [3.05, 3.63) is 36.0 Å². The standard InChI is InChI=1S/C13H17NS/c1-3-15-9-8-14-11(2)10-12-6-4-5-7-13(12)14/h4-7,10H,3,8-9H2,1-2H3. The Morgan fingerprint density at radius 1 is 1.27 bits per heavy atom. The van der Waals surface area contributed by atoms with Crippen LogP contribution in [0.15, 0.2) is 30.3 Å². The Hall–Kier alpha value is -0.890. The van der Waals surface area contributed by atoms with E-state index in [0.717, 1.165) is 6.54 Å². The number of fused-ring (bicyclic) bond motifs is 1. The second-order valence-electron chi connectivity index (χ2n) is 3.69. The minimum Gasteiger partial charge on any atom is -0.344 e. The third-order valence-corrected chi connectivity index (χ3v) is 3.56. The molecule has 0 saturated carbocycles. The zero-order valence-electron chi connectivity index (χ0n) is 9.36. The van der Waals surface area contributed by atoms with E-state index < -0.39 is 0 Å². The number of hydrogen-bond acceptors (Lipinski definition) is 1.